The molecule has 1 N–H and O–H groups in total. The van der Waals surface area contributed by atoms with Gasteiger partial charge in [-0.3, -0.25) is 29.7 Å². The van der Waals surface area contributed by atoms with Gasteiger partial charge in [-0.05, 0) is 55.2 Å². The number of ether oxygens (including phenoxy) is 2. The number of carbonyl (C=O) groups is 3. The molecule has 0 aliphatic carbocycles. The minimum Gasteiger partial charge on any atom is -0.447 e. The molecule has 3 atom stereocenters. The summed E-state index contributed by atoms with van der Waals surface area (Å²) >= 11 is 0. The Balaban J connectivity index is 1.09. The van der Waals surface area contributed by atoms with E-state index < -0.39 is 17.1 Å². The topological polar surface area (TPSA) is 104 Å². The van der Waals surface area contributed by atoms with Gasteiger partial charge in [0.05, 0.1) is 18.0 Å². The average Bonchev–Trinajstić information content (AvgIpc) is 3.34. The van der Waals surface area contributed by atoms with Crippen molar-refractivity contribution in [2.24, 2.45) is 0 Å². The van der Waals surface area contributed by atoms with E-state index in [9.17, 15) is 14.4 Å². The Labute approximate surface area is 230 Å². The summed E-state index contributed by atoms with van der Waals surface area (Å²) in [5.74, 6) is -1.55. The highest BCUT2D eigenvalue weighted by Gasteiger charge is 2.70. The molecule has 4 saturated heterocycles. The number of pyridine rings is 1. The van der Waals surface area contributed by atoms with Crippen molar-refractivity contribution in [2.75, 3.05) is 31.1 Å². The van der Waals surface area contributed by atoms with E-state index in [2.05, 4.69) is 15.2 Å². The minimum absolute atomic E-state index is 0.250. The van der Waals surface area contributed by atoms with E-state index in [1.165, 1.54) is 0 Å². The number of halogens is 1. The van der Waals surface area contributed by atoms with Gasteiger partial charge in [-0.2, -0.15) is 0 Å². The lowest BCUT2D eigenvalue weighted by atomic mass is 9.80. The fourth-order valence-corrected chi connectivity index (χ4v) is 6.63. The highest BCUT2D eigenvalue weighted by atomic mass is 19.1. The molecule has 3 amide bonds. The fraction of sp³-hybridized carbons (Fsp3) is 0.400. The molecule has 0 radical (unpaired) electrons. The lowest BCUT2D eigenvalue weighted by Crippen LogP contribution is -2.44. The van der Waals surface area contributed by atoms with Crippen LogP contribution in [0.1, 0.15) is 48.8 Å². The zero-order chi connectivity index (χ0) is 27.6. The van der Waals surface area contributed by atoms with Gasteiger partial charge in [-0.1, -0.05) is 18.2 Å². The van der Waals surface area contributed by atoms with Gasteiger partial charge >= 0.3 is 6.09 Å². The molecule has 7 rings (SSSR count). The molecule has 4 fully saturated rings. The van der Waals surface area contributed by atoms with Crippen molar-refractivity contribution in [3.8, 4) is 0 Å². The van der Waals surface area contributed by atoms with Crippen LogP contribution in [0.25, 0.3) is 10.9 Å². The second kappa shape index (κ2) is 9.07. The number of imide groups is 1. The van der Waals surface area contributed by atoms with Crippen molar-refractivity contribution in [1.29, 1.82) is 0 Å². The summed E-state index contributed by atoms with van der Waals surface area (Å²) in [4.78, 5) is 44.1. The predicted octanol–water partition coefficient (Wildman–Crippen LogP) is 3.74. The first-order chi connectivity index (χ1) is 19.3. The number of piperidine rings is 2. The van der Waals surface area contributed by atoms with Crippen LogP contribution >= 0.6 is 0 Å². The van der Waals surface area contributed by atoms with E-state index in [4.69, 9.17) is 9.47 Å². The molecule has 4 aliphatic rings. The van der Waals surface area contributed by atoms with Gasteiger partial charge in [0.15, 0.2) is 0 Å². The standard InChI is InChI=1S/C30H29FN4O5/c1-29-17-34(16-18-2-4-20(5-3-18)35-12-13-39-28(35)38)11-10-30(29,40-29)23-7-8-24-22(26(23)31)14-19(15-32-24)21-6-9-25(36)33-27(21)37/h2-5,7-8,14-15,21H,6,9-13,16-17H2,1H3,(H,33,36,37). The number of benzene rings is 2. The van der Waals surface area contributed by atoms with Crippen LogP contribution in [0.2, 0.25) is 0 Å². The van der Waals surface area contributed by atoms with Crippen molar-refractivity contribution < 1.29 is 28.2 Å². The third-order valence-corrected chi connectivity index (χ3v) is 8.83. The lowest BCUT2D eigenvalue weighted by molar-refractivity contribution is -0.134. The van der Waals surface area contributed by atoms with Crippen LogP contribution in [0.15, 0.2) is 48.7 Å². The van der Waals surface area contributed by atoms with Gasteiger partial charge in [0.1, 0.15) is 23.6 Å². The Morgan fingerprint density at radius 2 is 1.95 bits per heavy atom. The summed E-state index contributed by atoms with van der Waals surface area (Å²) < 4.78 is 27.5. The number of likely N-dealkylation sites (tertiary alicyclic amines) is 1. The first-order valence-electron chi connectivity index (χ1n) is 13.6. The Hall–Kier alpha value is -3.89. The van der Waals surface area contributed by atoms with E-state index in [-0.39, 0.29) is 30.1 Å². The second-order valence-electron chi connectivity index (χ2n) is 11.3. The number of hydrogen-bond donors (Lipinski definition) is 1. The summed E-state index contributed by atoms with van der Waals surface area (Å²) in [7, 11) is 0. The van der Waals surface area contributed by atoms with E-state index in [1.54, 1.807) is 23.2 Å². The number of rotatable bonds is 5. The molecule has 3 unspecified atom stereocenters. The van der Waals surface area contributed by atoms with Crippen LogP contribution < -0.4 is 10.2 Å². The molecular weight excluding hydrogens is 515 g/mol. The quantitative estimate of drug-likeness (QED) is 0.386. The summed E-state index contributed by atoms with van der Waals surface area (Å²) in [5, 5.41) is 2.72. The molecule has 10 heteroatoms. The number of aromatic nitrogens is 1. The maximum Gasteiger partial charge on any atom is 0.414 e. The summed E-state index contributed by atoms with van der Waals surface area (Å²) in [6.45, 7) is 5.11. The number of epoxide rings is 1. The van der Waals surface area contributed by atoms with E-state index in [1.807, 2.05) is 37.3 Å². The number of nitrogens with zero attached hydrogens (tertiary/aromatic N) is 3. The SMILES string of the molecule is CC12CN(Cc3ccc(N4CCOC4=O)cc3)CCC1(c1ccc3ncc(C4CCC(=O)NC4=O)cc3c1F)O2. The average molecular weight is 545 g/mol. The van der Waals surface area contributed by atoms with Crippen molar-refractivity contribution >= 4 is 34.5 Å². The van der Waals surface area contributed by atoms with Crippen LogP contribution in [-0.4, -0.2) is 59.6 Å². The van der Waals surface area contributed by atoms with Crippen molar-refractivity contribution in [3.05, 3.63) is 71.2 Å². The Kier molecular flexibility index (Phi) is 5.69. The molecule has 40 heavy (non-hydrogen) atoms. The Morgan fingerprint density at radius 1 is 1.12 bits per heavy atom. The molecule has 9 nitrogen and oxygen atoms in total. The van der Waals surface area contributed by atoms with Gasteiger partial charge in [-0.25, -0.2) is 9.18 Å². The maximum absolute atomic E-state index is 16.1. The van der Waals surface area contributed by atoms with Crippen LogP contribution in [0.4, 0.5) is 14.9 Å². The Morgan fingerprint density at radius 3 is 2.67 bits per heavy atom. The largest absolute Gasteiger partial charge is 0.447 e. The number of fused-ring (bicyclic) bond motifs is 2. The van der Waals surface area contributed by atoms with Gasteiger partial charge in [0.25, 0.3) is 0 Å². The summed E-state index contributed by atoms with van der Waals surface area (Å²) in [6, 6.07) is 13.2. The normalized spacial score (nSPS) is 28.4. The predicted molar refractivity (Wildman–Crippen MR) is 143 cm³/mol. The van der Waals surface area contributed by atoms with Gasteiger partial charge < -0.3 is 9.47 Å². The first-order valence-corrected chi connectivity index (χ1v) is 13.6. The number of anilines is 1. The highest BCUT2D eigenvalue weighted by molar-refractivity contribution is 6.01. The minimum atomic E-state index is -0.716. The fourth-order valence-electron chi connectivity index (χ4n) is 6.63. The van der Waals surface area contributed by atoms with Gasteiger partial charge in [0.2, 0.25) is 11.8 Å². The first kappa shape index (κ1) is 25.1. The third-order valence-electron chi connectivity index (χ3n) is 8.83. The van der Waals surface area contributed by atoms with Gasteiger partial charge in [-0.15, -0.1) is 0 Å². The van der Waals surface area contributed by atoms with Crippen LogP contribution in [0, 0.1) is 5.82 Å². The number of amides is 3. The molecule has 2 aromatic carbocycles. The molecule has 5 heterocycles. The zero-order valence-corrected chi connectivity index (χ0v) is 22.1. The van der Waals surface area contributed by atoms with Gasteiger partial charge in [0, 0.05) is 48.9 Å². The third kappa shape index (κ3) is 3.97. The molecular formula is C30H29FN4O5. The smallest absolute Gasteiger partial charge is 0.414 e. The summed E-state index contributed by atoms with van der Waals surface area (Å²) in [6.07, 6.45) is 2.56. The second-order valence-corrected chi connectivity index (χ2v) is 11.3. The van der Waals surface area contributed by atoms with Crippen molar-refractivity contribution in [3.63, 3.8) is 0 Å². The molecule has 0 spiro atoms. The molecule has 4 aliphatic heterocycles. The van der Waals surface area contributed by atoms with Crippen LogP contribution in [0.5, 0.6) is 0 Å². The van der Waals surface area contributed by atoms with Crippen molar-refractivity contribution in [2.45, 2.75) is 49.9 Å². The monoisotopic (exact) mass is 544 g/mol. The number of carbonyl (C=O) groups excluding carboxylic acids is 3. The number of nitrogens with one attached hydrogen (secondary N) is 1. The Bertz CT molecular complexity index is 1560. The van der Waals surface area contributed by atoms with Crippen LogP contribution in [0.3, 0.4) is 0 Å². The molecule has 3 aromatic rings. The molecule has 1 aromatic heterocycles. The lowest BCUT2D eigenvalue weighted by Gasteiger charge is -2.33. The molecule has 0 bridgehead atoms. The number of cyclic esters (lactones) is 1. The van der Waals surface area contributed by atoms with Crippen LogP contribution in [-0.2, 0) is 31.2 Å². The molecule has 206 valence electrons. The molecule has 0 saturated carbocycles. The van der Waals surface area contributed by atoms with E-state index in [0.717, 1.165) is 24.3 Å². The maximum atomic E-state index is 16.1. The number of hydrogen-bond acceptors (Lipinski definition) is 7. The highest BCUT2D eigenvalue weighted by Crippen LogP contribution is 2.61. The van der Waals surface area contributed by atoms with E-state index >= 15 is 4.39 Å². The zero-order valence-electron chi connectivity index (χ0n) is 22.1. The summed E-state index contributed by atoms with van der Waals surface area (Å²) in [5.41, 5.74) is 2.33. The van der Waals surface area contributed by atoms with Crippen molar-refractivity contribution in [1.82, 2.24) is 15.2 Å². The van der Waals surface area contributed by atoms with E-state index in [0.29, 0.717) is 54.6 Å².